The summed E-state index contributed by atoms with van der Waals surface area (Å²) in [7, 11) is 0. The second-order valence-corrected chi connectivity index (χ2v) is 5.38. The summed E-state index contributed by atoms with van der Waals surface area (Å²) in [5.74, 6) is 0. The number of hydrogen-bond donors (Lipinski definition) is 1. The van der Waals surface area contributed by atoms with Crippen LogP contribution in [0, 0.1) is 0 Å². The van der Waals surface area contributed by atoms with Crippen LogP contribution in [0.5, 0.6) is 0 Å². The van der Waals surface area contributed by atoms with Gasteiger partial charge in [0.2, 0.25) is 0 Å². The van der Waals surface area contributed by atoms with E-state index in [2.05, 4.69) is 23.2 Å². The van der Waals surface area contributed by atoms with Crippen LogP contribution >= 0.6 is 0 Å². The van der Waals surface area contributed by atoms with Crippen LogP contribution in [-0.4, -0.2) is 16.2 Å². The maximum Gasteiger partial charge on any atom is 0.0621 e. The summed E-state index contributed by atoms with van der Waals surface area (Å²) >= 11 is 0. The molecule has 2 aromatic rings. The number of hydrogen-bond acceptors (Lipinski definition) is 2. The fourth-order valence-corrected chi connectivity index (χ4v) is 2.89. The number of pyridine rings is 1. The lowest BCUT2D eigenvalue weighted by Crippen LogP contribution is -2.14. The van der Waals surface area contributed by atoms with Crippen molar-refractivity contribution in [1.29, 1.82) is 0 Å². The van der Waals surface area contributed by atoms with Gasteiger partial charge in [-0.15, -0.1) is 0 Å². The first-order chi connectivity index (χ1) is 9.31. The molecule has 1 unspecified atom stereocenters. The van der Waals surface area contributed by atoms with Crippen LogP contribution in [-0.2, 0) is 25.7 Å². The van der Waals surface area contributed by atoms with Gasteiger partial charge in [-0.05, 0) is 54.0 Å². The highest BCUT2D eigenvalue weighted by Crippen LogP contribution is 2.23. The van der Waals surface area contributed by atoms with Crippen molar-refractivity contribution in [1.82, 2.24) is 4.98 Å². The fraction of sp³-hybridized carbons (Fsp3) is 0.353. The van der Waals surface area contributed by atoms with Crippen LogP contribution in [0.2, 0.25) is 0 Å². The lowest BCUT2D eigenvalue weighted by atomic mass is 9.99. The number of aryl methyl sites for hydroxylation is 2. The average Bonchev–Trinajstić information content (AvgIpc) is 2.87. The van der Waals surface area contributed by atoms with Crippen molar-refractivity contribution in [3.05, 3.63) is 65.0 Å². The number of aliphatic hydroxyl groups is 1. The van der Waals surface area contributed by atoms with Gasteiger partial charge in [0.15, 0.2) is 0 Å². The number of nitrogens with zero attached hydrogens (tertiary/aromatic N) is 1. The van der Waals surface area contributed by atoms with E-state index in [1.165, 1.54) is 36.0 Å². The fourth-order valence-electron chi connectivity index (χ4n) is 2.89. The Kier molecular flexibility index (Phi) is 3.60. The highest BCUT2D eigenvalue weighted by Gasteiger charge is 2.13. The van der Waals surface area contributed by atoms with Gasteiger partial charge in [0.1, 0.15) is 0 Å². The molecule has 0 bridgehead atoms. The minimum absolute atomic E-state index is 0.330. The average molecular weight is 253 g/mol. The van der Waals surface area contributed by atoms with E-state index in [1.807, 2.05) is 18.3 Å². The largest absolute Gasteiger partial charge is 0.392 e. The number of benzene rings is 1. The van der Waals surface area contributed by atoms with Crippen molar-refractivity contribution in [3.8, 4) is 0 Å². The van der Waals surface area contributed by atoms with E-state index in [1.54, 1.807) is 6.20 Å². The maximum atomic E-state index is 10.2. The second-order valence-electron chi connectivity index (χ2n) is 5.38. The van der Waals surface area contributed by atoms with Gasteiger partial charge in [0, 0.05) is 18.8 Å². The third-order valence-electron chi connectivity index (χ3n) is 3.83. The quantitative estimate of drug-likeness (QED) is 0.909. The van der Waals surface area contributed by atoms with Crippen LogP contribution < -0.4 is 0 Å². The zero-order valence-corrected chi connectivity index (χ0v) is 11.0. The Hall–Kier alpha value is -1.67. The van der Waals surface area contributed by atoms with Crippen molar-refractivity contribution < 1.29 is 5.11 Å². The SMILES string of the molecule is OC(Cc1cccnc1)Cc1ccc2c(c1)CCC2. The van der Waals surface area contributed by atoms with E-state index >= 15 is 0 Å². The molecule has 1 aromatic carbocycles. The van der Waals surface area contributed by atoms with Gasteiger partial charge in [-0.25, -0.2) is 0 Å². The van der Waals surface area contributed by atoms with Gasteiger partial charge < -0.3 is 5.11 Å². The molecule has 0 fully saturated rings. The minimum Gasteiger partial charge on any atom is -0.392 e. The highest BCUT2D eigenvalue weighted by atomic mass is 16.3. The van der Waals surface area contributed by atoms with Crippen LogP contribution in [0.25, 0.3) is 0 Å². The van der Waals surface area contributed by atoms with Crippen LogP contribution in [0.1, 0.15) is 28.7 Å². The lowest BCUT2D eigenvalue weighted by molar-refractivity contribution is 0.175. The molecule has 0 amide bonds. The summed E-state index contributed by atoms with van der Waals surface area (Å²) in [5, 5.41) is 10.2. The third kappa shape index (κ3) is 3.02. The first-order valence-corrected chi connectivity index (χ1v) is 6.99. The summed E-state index contributed by atoms with van der Waals surface area (Å²) in [6.45, 7) is 0. The molecule has 1 aliphatic rings. The van der Waals surface area contributed by atoms with Gasteiger partial charge in [-0.2, -0.15) is 0 Å². The highest BCUT2D eigenvalue weighted by molar-refractivity contribution is 5.35. The Balaban J connectivity index is 1.65. The molecule has 1 aliphatic carbocycles. The second kappa shape index (κ2) is 5.54. The van der Waals surface area contributed by atoms with Gasteiger partial charge in [-0.1, -0.05) is 24.3 Å². The summed E-state index contributed by atoms with van der Waals surface area (Å²) in [6.07, 6.45) is 8.34. The maximum absolute atomic E-state index is 10.2. The molecule has 0 spiro atoms. The molecule has 0 aliphatic heterocycles. The molecule has 19 heavy (non-hydrogen) atoms. The minimum atomic E-state index is -0.330. The van der Waals surface area contributed by atoms with E-state index in [0.717, 1.165) is 12.0 Å². The van der Waals surface area contributed by atoms with Gasteiger partial charge >= 0.3 is 0 Å². The Morgan fingerprint density at radius 3 is 2.74 bits per heavy atom. The van der Waals surface area contributed by atoms with E-state index in [-0.39, 0.29) is 6.10 Å². The Morgan fingerprint density at radius 1 is 1.05 bits per heavy atom. The standard InChI is InChI=1S/C17H19NO/c19-17(11-14-3-2-8-18-12-14)10-13-6-7-15-4-1-5-16(15)9-13/h2-3,6-9,12,17,19H,1,4-5,10-11H2. The molecule has 98 valence electrons. The smallest absolute Gasteiger partial charge is 0.0621 e. The summed E-state index contributed by atoms with van der Waals surface area (Å²) in [4.78, 5) is 4.08. The molecule has 2 nitrogen and oxygen atoms in total. The summed E-state index contributed by atoms with van der Waals surface area (Å²) < 4.78 is 0. The molecule has 1 atom stereocenters. The van der Waals surface area contributed by atoms with Gasteiger partial charge in [-0.3, -0.25) is 4.98 Å². The molecule has 0 saturated carbocycles. The van der Waals surface area contributed by atoms with Crippen LogP contribution in [0.3, 0.4) is 0 Å². The van der Waals surface area contributed by atoms with Crippen molar-refractivity contribution in [2.45, 2.75) is 38.2 Å². The van der Waals surface area contributed by atoms with Crippen molar-refractivity contribution in [2.24, 2.45) is 0 Å². The van der Waals surface area contributed by atoms with Gasteiger partial charge in [0.25, 0.3) is 0 Å². The number of aromatic nitrogens is 1. The Morgan fingerprint density at radius 2 is 1.89 bits per heavy atom. The molecular formula is C17H19NO. The molecule has 0 radical (unpaired) electrons. The van der Waals surface area contributed by atoms with Crippen molar-refractivity contribution >= 4 is 0 Å². The lowest BCUT2D eigenvalue weighted by Gasteiger charge is -2.11. The molecule has 1 aromatic heterocycles. The predicted molar refractivity (Wildman–Crippen MR) is 76.1 cm³/mol. The monoisotopic (exact) mass is 253 g/mol. The predicted octanol–water partition coefficient (Wildman–Crippen LogP) is 2.72. The number of fused-ring (bicyclic) bond motifs is 1. The first kappa shape index (κ1) is 12.4. The number of aliphatic hydroxyl groups excluding tert-OH is 1. The van der Waals surface area contributed by atoms with Crippen LogP contribution in [0.15, 0.2) is 42.7 Å². The molecule has 0 saturated heterocycles. The molecule has 3 rings (SSSR count). The third-order valence-corrected chi connectivity index (χ3v) is 3.83. The zero-order chi connectivity index (χ0) is 13.1. The topological polar surface area (TPSA) is 33.1 Å². The van der Waals surface area contributed by atoms with E-state index in [9.17, 15) is 5.11 Å². The zero-order valence-electron chi connectivity index (χ0n) is 11.0. The normalized spacial score (nSPS) is 15.2. The van der Waals surface area contributed by atoms with E-state index in [0.29, 0.717) is 6.42 Å². The number of rotatable bonds is 4. The molecule has 2 heteroatoms. The molecule has 1 heterocycles. The Labute approximate surface area is 114 Å². The Bertz CT molecular complexity index is 550. The molecular weight excluding hydrogens is 234 g/mol. The van der Waals surface area contributed by atoms with Gasteiger partial charge in [0.05, 0.1) is 6.10 Å². The molecule has 1 N–H and O–H groups in total. The summed E-state index contributed by atoms with van der Waals surface area (Å²) in [6, 6.07) is 10.6. The van der Waals surface area contributed by atoms with Crippen molar-refractivity contribution in [3.63, 3.8) is 0 Å². The summed E-state index contributed by atoms with van der Waals surface area (Å²) in [5.41, 5.74) is 5.31. The van der Waals surface area contributed by atoms with Crippen LogP contribution in [0.4, 0.5) is 0 Å². The first-order valence-electron chi connectivity index (χ1n) is 6.99. The van der Waals surface area contributed by atoms with Crippen molar-refractivity contribution in [2.75, 3.05) is 0 Å². The van der Waals surface area contributed by atoms with E-state index < -0.39 is 0 Å². The van der Waals surface area contributed by atoms with E-state index in [4.69, 9.17) is 0 Å².